The summed E-state index contributed by atoms with van der Waals surface area (Å²) in [5.74, 6) is 0.937. The van der Waals surface area contributed by atoms with Crippen LogP contribution in [0.25, 0.3) is 0 Å². The summed E-state index contributed by atoms with van der Waals surface area (Å²) in [5.41, 5.74) is 2.59. The Labute approximate surface area is 151 Å². The largest absolute Gasteiger partial charge is 0.466 e. The van der Waals surface area contributed by atoms with Crippen LogP contribution >= 0.6 is 0 Å². The second kappa shape index (κ2) is 10.1. The lowest BCUT2D eigenvalue weighted by molar-refractivity contribution is -0.149. The first-order chi connectivity index (χ1) is 12.1. The summed E-state index contributed by atoms with van der Waals surface area (Å²) in [6.07, 6.45) is 2.61. The minimum absolute atomic E-state index is 0.0339. The van der Waals surface area contributed by atoms with E-state index in [-0.39, 0.29) is 11.9 Å². The number of piperidine rings is 1. The minimum Gasteiger partial charge on any atom is -0.466 e. The Morgan fingerprint density at radius 2 is 1.92 bits per heavy atom. The van der Waals surface area contributed by atoms with Crippen LogP contribution in [0.4, 0.5) is 0 Å². The Balaban J connectivity index is 1.87. The maximum absolute atomic E-state index is 11.9. The molecule has 138 valence electrons. The number of likely N-dealkylation sites (tertiary alicyclic amines) is 1. The molecule has 0 amide bonds. The van der Waals surface area contributed by atoms with E-state index >= 15 is 0 Å². The number of rotatable bonds is 6. The predicted molar refractivity (Wildman–Crippen MR) is 102 cm³/mol. The Bertz CT molecular complexity index is 561. The van der Waals surface area contributed by atoms with E-state index in [1.54, 1.807) is 0 Å². The summed E-state index contributed by atoms with van der Waals surface area (Å²) in [4.78, 5) is 18.9. The molecule has 1 aliphatic rings. The highest BCUT2D eigenvalue weighted by Gasteiger charge is 2.27. The van der Waals surface area contributed by atoms with Gasteiger partial charge in [-0.15, -0.1) is 0 Å². The van der Waals surface area contributed by atoms with Crippen LogP contribution < -0.4 is 5.32 Å². The smallest absolute Gasteiger partial charge is 0.309 e. The van der Waals surface area contributed by atoms with Crippen molar-refractivity contribution in [3.63, 3.8) is 0 Å². The molecule has 1 fully saturated rings. The van der Waals surface area contributed by atoms with Crippen LogP contribution in [0, 0.1) is 12.8 Å². The normalized spacial score (nSPS) is 16.0. The van der Waals surface area contributed by atoms with E-state index in [9.17, 15) is 4.79 Å². The first kappa shape index (κ1) is 19.3. The number of aliphatic imine (C=N–C) groups is 1. The second-order valence-electron chi connectivity index (χ2n) is 6.48. The summed E-state index contributed by atoms with van der Waals surface area (Å²) in [5, 5.41) is 3.38. The summed E-state index contributed by atoms with van der Waals surface area (Å²) in [6, 6.07) is 8.63. The lowest BCUT2D eigenvalue weighted by Crippen LogP contribution is -2.46. The Hall–Kier alpha value is -2.04. The first-order valence-electron chi connectivity index (χ1n) is 9.39. The second-order valence-corrected chi connectivity index (χ2v) is 6.48. The van der Waals surface area contributed by atoms with Gasteiger partial charge in [0.1, 0.15) is 0 Å². The number of hydrogen-bond donors (Lipinski definition) is 1. The third-order valence-corrected chi connectivity index (χ3v) is 4.53. The van der Waals surface area contributed by atoms with Crippen molar-refractivity contribution < 1.29 is 9.53 Å². The van der Waals surface area contributed by atoms with Gasteiger partial charge in [-0.3, -0.25) is 9.79 Å². The van der Waals surface area contributed by atoms with Crippen LogP contribution in [0.15, 0.2) is 29.3 Å². The van der Waals surface area contributed by atoms with Crippen molar-refractivity contribution in [3.8, 4) is 0 Å². The van der Waals surface area contributed by atoms with Gasteiger partial charge in [0.25, 0.3) is 0 Å². The van der Waals surface area contributed by atoms with Gasteiger partial charge in [0, 0.05) is 26.2 Å². The van der Waals surface area contributed by atoms with E-state index in [0.29, 0.717) is 6.61 Å². The van der Waals surface area contributed by atoms with E-state index < -0.39 is 0 Å². The summed E-state index contributed by atoms with van der Waals surface area (Å²) in [6.45, 7) is 9.81. The van der Waals surface area contributed by atoms with Gasteiger partial charge in [-0.1, -0.05) is 29.8 Å². The number of benzene rings is 1. The molecule has 1 saturated heterocycles. The molecule has 0 unspecified atom stereocenters. The number of nitrogens with one attached hydrogen (secondary N) is 1. The molecule has 1 heterocycles. The molecule has 25 heavy (non-hydrogen) atoms. The monoisotopic (exact) mass is 345 g/mol. The molecular weight excluding hydrogens is 314 g/mol. The highest BCUT2D eigenvalue weighted by atomic mass is 16.5. The van der Waals surface area contributed by atoms with Gasteiger partial charge in [0.15, 0.2) is 5.96 Å². The molecule has 0 aliphatic carbocycles. The average molecular weight is 345 g/mol. The number of guanidine groups is 1. The van der Waals surface area contributed by atoms with Crippen LogP contribution in [-0.2, 0) is 16.0 Å². The van der Waals surface area contributed by atoms with Crippen LogP contribution in [-0.4, -0.2) is 49.6 Å². The van der Waals surface area contributed by atoms with Crippen molar-refractivity contribution in [1.29, 1.82) is 0 Å². The standard InChI is InChI=1S/C20H31N3O2/c1-4-21-20(22-13-10-17-8-6-16(3)7-9-17)23-14-11-18(12-15-23)19(24)25-5-2/h6-9,18H,4-5,10-15H2,1-3H3,(H,21,22). The van der Waals surface area contributed by atoms with Crippen LogP contribution in [0.3, 0.4) is 0 Å². The summed E-state index contributed by atoms with van der Waals surface area (Å²) in [7, 11) is 0. The molecule has 0 spiro atoms. The van der Waals surface area contributed by atoms with Gasteiger partial charge in [0.2, 0.25) is 0 Å². The topological polar surface area (TPSA) is 53.9 Å². The van der Waals surface area contributed by atoms with Gasteiger partial charge in [-0.25, -0.2) is 0 Å². The van der Waals surface area contributed by atoms with E-state index in [1.807, 2.05) is 6.92 Å². The quantitative estimate of drug-likeness (QED) is 0.489. The maximum atomic E-state index is 11.9. The first-order valence-corrected chi connectivity index (χ1v) is 9.39. The number of nitrogens with zero attached hydrogens (tertiary/aromatic N) is 2. The van der Waals surface area contributed by atoms with Crippen molar-refractivity contribution in [1.82, 2.24) is 10.2 Å². The number of hydrogen-bond acceptors (Lipinski definition) is 3. The average Bonchev–Trinajstić information content (AvgIpc) is 2.63. The lowest BCUT2D eigenvalue weighted by Gasteiger charge is -2.33. The maximum Gasteiger partial charge on any atom is 0.309 e. The van der Waals surface area contributed by atoms with Crippen molar-refractivity contribution in [2.75, 3.05) is 32.8 Å². The molecule has 2 rings (SSSR count). The molecule has 1 N–H and O–H groups in total. The number of esters is 1. The third-order valence-electron chi connectivity index (χ3n) is 4.53. The number of carbonyl (C=O) groups is 1. The molecule has 0 saturated carbocycles. The van der Waals surface area contributed by atoms with E-state index in [1.165, 1.54) is 11.1 Å². The van der Waals surface area contributed by atoms with Crippen LogP contribution in [0.2, 0.25) is 0 Å². The minimum atomic E-state index is -0.0524. The van der Waals surface area contributed by atoms with Crippen molar-refractivity contribution in [2.45, 2.75) is 40.0 Å². The SMILES string of the molecule is CCNC(=NCCc1ccc(C)cc1)N1CCC(C(=O)OCC)CC1. The zero-order valence-corrected chi connectivity index (χ0v) is 15.8. The molecular formula is C20H31N3O2. The van der Waals surface area contributed by atoms with Gasteiger partial charge < -0.3 is 15.0 Å². The zero-order chi connectivity index (χ0) is 18.1. The number of ether oxygens (including phenoxy) is 1. The number of carbonyl (C=O) groups excluding carboxylic acids is 1. The molecule has 0 radical (unpaired) electrons. The zero-order valence-electron chi connectivity index (χ0n) is 15.8. The van der Waals surface area contributed by atoms with Gasteiger partial charge in [-0.05, 0) is 45.6 Å². The van der Waals surface area contributed by atoms with Crippen molar-refractivity contribution >= 4 is 11.9 Å². The van der Waals surface area contributed by atoms with Crippen LogP contribution in [0.5, 0.6) is 0 Å². The van der Waals surface area contributed by atoms with E-state index in [4.69, 9.17) is 9.73 Å². The fourth-order valence-electron chi connectivity index (χ4n) is 3.06. The van der Waals surface area contributed by atoms with Crippen LogP contribution in [0.1, 0.15) is 37.8 Å². The van der Waals surface area contributed by atoms with Gasteiger partial charge >= 0.3 is 5.97 Å². The molecule has 1 aliphatic heterocycles. The van der Waals surface area contributed by atoms with Crippen molar-refractivity contribution in [3.05, 3.63) is 35.4 Å². The molecule has 0 atom stereocenters. The molecule has 1 aromatic carbocycles. The van der Waals surface area contributed by atoms with E-state index in [0.717, 1.165) is 51.4 Å². The fourth-order valence-corrected chi connectivity index (χ4v) is 3.06. The molecule has 0 aromatic heterocycles. The van der Waals surface area contributed by atoms with E-state index in [2.05, 4.69) is 48.3 Å². The third kappa shape index (κ3) is 6.07. The Kier molecular flexibility index (Phi) is 7.76. The Morgan fingerprint density at radius 1 is 1.24 bits per heavy atom. The van der Waals surface area contributed by atoms with Gasteiger partial charge in [0.05, 0.1) is 12.5 Å². The highest BCUT2D eigenvalue weighted by molar-refractivity contribution is 5.80. The molecule has 5 heteroatoms. The summed E-state index contributed by atoms with van der Waals surface area (Å²) < 4.78 is 5.14. The molecule has 5 nitrogen and oxygen atoms in total. The molecule has 1 aromatic rings. The predicted octanol–water partition coefficient (Wildman–Crippen LogP) is 2.78. The highest BCUT2D eigenvalue weighted by Crippen LogP contribution is 2.18. The Morgan fingerprint density at radius 3 is 2.52 bits per heavy atom. The fraction of sp³-hybridized carbons (Fsp3) is 0.600. The van der Waals surface area contributed by atoms with Gasteiger partial charge in [-0.2, -0.15) is 0 Å². The summed E-state index contributed by atoms with van der Waals surface area (Å²) >= 11 is 0. The number of aryl methyl sites for hydroxylation is 1. The lowest BCUT2D eigenvalue weighted by atomic mass is 9.97. The van der Waals surface area contributed by atoms with Crippen molar-refractivity contribution in [2.24, 2.45) is 10.9 Å². The molecule has 0 bridgehead atoms.